The van der Waals surface area contributed by atoms with E-state index in [2.05, 4.69) is 9.82 Å². The van der Waals surface area contributed by atoms with Crippen LogP contribution in [0, 0.1) is 20.8 Å². The van der Waals surface area contributed by atoms with Gasteiger partial charge in [0.05, 0.1) is 37.0 Å². The van der Waals surface area contributed by atoms with Gasteiger partial charge in [0.1, 0.15) is 4.90 Å². The van der Waals surface area contributed by atoms with E-state index in [9.17, 15) is 8.42 Å². The minimum atomic E-state index is -3.84. The van der Waals surface area contributed by atoms with Gasteiger partial charge in [-0.3, -0.25) is 4.72 Å². The van der Waals surface area contributed by atoms with Crippen LogP contribution < -0.4 is 14.2 Å². The van der Waals surface area contributed by atoms with Crippen molar-refractivity contribution in [1.82, 2.24) is 9.78 Å². The zero-order valence-corrected chi connectivity index (χ0v) is 17.3. The van der Waals surface area contributed by atoms with Gasteiger partial charge in [-0.1, -0.05) is 17.7 Å². The summed E-state index contributed by atoms with van der Waals surface area (Å²) in [6.07, 6.45) is 0. The van der Waals surface area contributed by atoms with Crippen molar-refractivity contribution in [3.05, 3.63) is 59.4 Å². The smallest absolute Gasteiger partial charge is 0.265 e. The molecule has 3 aromatic rings. The largest absolute Gasteiger partial charge is 0.493 e. The number of methoxy groups -OCH3 is 2. The van der Waals surface area contributed by atoms with Crippen molar-refractivity contribution in [3.8, 4) is 17.2 Å². The number of ether oxygens (including phenoxy) is 2. The maximum absolute atomic E-state index is 13.1. The van der Waals surface area contributed by atoms with E-state index < -0.39 is 10.0 Å². The van der Waals surface area contributed by atoms with Gasteiger partial charge in [-0.25, -0.2) is 13.1 Å². The van der Waals surface area contributed by atoms with Crippen molar-refractivity contribution in [1.29, 1.82) is 0 Å². The number of benzene rings is 2. The van der Waals surface area contributed by atoms with Crippen molar-refractivity contribution in [2.75, 3.05) is 18.9 Å². The van der Waals surface area contributed by atoms with Crippen LogP contribution in [-0.2, 0) is 10.0 Å². The highest BCUT2D eigenvalue weighted by molar-refractivity contribution is 7.92. The average Bonchev–Trinajstić information content (AvgIpc) is 2.96. The Kier molecular flexibility index (Phi) is 5.33. The van der Waals surface area contributed by atoms with E-state index >= 15 is 0 Å². The summed E-state index contributed by atoms with van der Waals surface area (Å²) in [4.78, 5) is 0.155. The van der Waals surface area contributed by atoms with Crippen molar-refractivity contribution < 1.29 is 17.9 Å². The Hall–Kier alpha value is -3.00. The molecule has 148 valence electrons. The molecule has 0 aliphatic heterocycles. The highest BCUT2D eigenvalue weighted by Crippen LogP contribution is 2.31. The van der Waals surface area contributed by atoms with Gasteiger partial charge in [0.15, 0.2) is 11.5 Å². The molecular weight excluding hydrogens is 378 g/mol. The predicted octanol–water partition coefficient (Wildman–Crippen LogP) is 3.62. The number of hydrogen-bond acceptors (Lipinski definition) is 5. The third-order valence-corrected chi connectivity index (χ3v) is 6.04. The third-order valence-electron chi connectivity index (χ3n) is 4.41. The highest BCUT2D eigenvalue weighted by Gasteiger charge is 2.25. The summed E-state index contributed by atoms with van der Waals surface area (Å²) in [6, 6.07) is 12.6. The van der Waals surface area contributed by atoms with E-state index in [1.54, 1.807) is 36.7 Å². The Balaban J connectivity index is 2.00. The highest BCUT2D eigenvalue weighted by atomic mass is 32.2. The first-order valence-corrected chi connectivity index (χ1v) is 10.1. The monoisotopic (exact) mass is 401 g/mol. The molecule has 0 saturated carbocycles. The molecule has 7 nitrogen and oxygen atoms in total. The van der Waals surface area contributed by atoms with Crippen LogP contribution in [0.1, 0.15) is 17.0 Å². The van der Waals surface area contributed by atoms with Crippen LogP contribution in [0.25, 0.3) is 5.69 Å². The van der Waals surface area contributed by atoms with Gasteiger partial charge in [-0.15, -0.1) is 0 Å². The summed E-state index contributed by atoms with van der Waals surface area (Å²) in [6.45, 7) is 5.41. The average molecular weight is 401 g/mol. The van der Waals surface area contributed by atoms with Gasteiger partial charge in [0, 0.05) is 6.07 Å². The van der Waals surface area contributed by atoms with Crippen LogP contribution in [0.4, 0.5) is 5.69 Å². The lowest BCUT2D eigenvalue weighted by Crippen LogP contribution is -2.15. The zero-order valence-electron chi connectivity index (χ0n) is 16.5. The Bertz CT molecular complexity index is 1100. The number of nitrogens with zero attached hydrogens (tertiary/aromatic N) is 2. The van der Waals surface area contributed by atoms with Crippen molar-refractivity contribution in [2.24, 2.45) is 0 Å². The lowest BCUT2D eigenvalue weighted by Gasteiger charge is -2.12. The van der Waals surface area contributed by atoms with E-state index in [1.807, 2.05) is 31.2 Å². The fourth-order valence-corrected chi connectivity index (χ4v) is 4.50. The van der Waals surface area contributed by atoms with E-state index in [4.69, 9.17) is 9.47 Å². The predicted molar refractivity (Wildman–Crippen MR) is 108 cm³/mol. The van der Waals surface area contributed by atoms with Crippen LogP contribution in [0.5, 0.6) is 11.5 Å². The van der Waals surface area contributed by atoms with Crippen molar-refractivity contribution in [3.63, 3.8) is 0 Å². The van der Waals surface area contributed by atoms with E-state index in [0.717, 1.165) is 11.3 Å². The lowest BCUT2D eigenvalue weighted by atomic mass is 10.2. The van der Waals surface area contributed by atoms with Gasteiger partial charge >= 0.3 is 0 Å². The summed E-state index contributed by atoms with van der Waals surface area (Å²) in [5.41, 5.74) is 3.26. The minimum Gasteiger partial charge on any atom is -0.493 e. The second-order valence-electron chi connectivity index (χ2n) is 6.42. The van der Waals surface area contributed by atoms with Crippen LogP contribution in [0.2, 0.25) is 0 Å². The van der Waals surface area contributed by atoms with E-state index in [-0.39, 0.29) is 4.90 Å². The Morgan fingerprint density at radius 3 is 2.18 bits per heavy atom. The molecule has 8 heteroatoms. The molecule has 0 spiro atoms. The molecule has 0 unspecified atom stereocenters. The molecule has 28 heavy (non-hydrogen) atoms. The fraction of sp³-hybridized carbons (Fsp3) is 0.250. The Labute approximate surface area is 165 Å². The van der Waals surface area contributed by atoms with Crippen molar-refractivity contribution >= 4 is 15.7 Å². The zero-order chi connectivity index (χ0) is 20.5. The van der Waals surface area contributed by atoms with Gasteiger partial charge in [-0.2, -0.15) is 5.10 Å². The number of hydrogen-bond donors (Lipinski definition) is 1. The summed E-state index contributed by atoms with van der Waals surface area (Å²) >= 11 is 0. The first-order chi connectivity index (χ1) is 13.3. The molecule has 0 saturated heterocycles. The number of aromatic nitrogens is 2. The molecule has 3 rings (SSSR count). The van der Waals surface area contributed by atoms with Crippen molar-refractivity contribution in [2.45, 2.75) is 25.7 Å². The topological polar surface area (TPSA) is 82.5 Å². The SMILES string of the molecule is COc1ccc(NS(=O)(=O)c2c(C)nn(-c3ccc(C)cc3)c2C)cc1OC. The molecule has 0 radical (unpaired) electrons. The molecule has 0 aliphatic rings. The third kappa shape index (κ3) is 3.68. The summed E-state index contributed by atoms with van der Waals surface area (Å²) in [5, 5.41) is 4.43. The second-order valence-corrected chi connectivity index (χ2v) is 8.04. The Morgan fingerprint density at radius 1 is 0.929 bits per heavy atom. The van der Waals surface area contributed by atoms with Gasteiger partial charge in [-0.05, 0) is 45.0 Å². The number of aryl methyl sites for hydroxylation is 2. The van der Waals surface area contributed by atoms with Gasteiger partial charge < -0.3 is 9.47 Å². The summed E-state index contributed by atoms with van der Waals surface area (Å²) in [5.74, 6) is 0.955. The molecule has 2 aromatic carbocycles. The van der Waals surface area contributed by atoms with Gasteiger partial charge in [0.25, 0.3) is 10.0 Å². The molecule has 1 aromatic heterocycles. The molecule has 1 N–H and O–H groups in total. The lowest BCUT2D eigenvalue weighted by molar-refractivity contribution is 0.355. The van der Waals surface area contributed by atoms with Crippen LogP contribution in [0.15, 0.2) is 47.4 Å². The molecular formula is C20H23N3O4S. The molecule has 0 bridgehead atoms. The summed E-state index contributed by atoms with van der Waals surface area (Å²) in [7, 11) is -0.826. The van der Waals surface area contributed by atoms with E-state index in [0.29, 0.717) is 28.6 Å². The number of rotatable bonds is 6. The van der Waals surface area contributed by atoms with Gasteiger partial charge in [0.2, 0.25) is 0 Å². The van der Waals surface area contributed by atoms with Crippen LogP contribution in [0.3, 0.4) is 0 Å². The van der Waals surface area contributed by atoms with E-state index in [1.165, 1.54) is 14.2 Å². The Morgan fingerprint density at radius 2 is 1.57 bits per heavy atom. The standard InChI is InChI=1S/C20H23N3O4S/c1-13-6-9-17(10-7-13)23-15(3)20(14(2)21-23)28(24,25)22-16-8-11-18(26-4)19(12-16)27-5/h6-12,22H,1-5H3. The normalized spacial score (nSPS) is 11.3. The maximum atomic E-state index is 13.1. The molecule has 0 atom stereocenters. The first-order valence-electron chi connectivity index (χ1n) is 8.65. The quantitative estimate of drug-likeness (QED) is 0.682. The van der Waals surface area contributed by atoms with Crippen LogP contribution in [-0.4, -0.2) is 32.4 Å². The van der Waals surface area contributed by atoms with Crippen LogP contribution >= 0.6 is 0 Å². The second kappa shape index (κ2) is 7.55. The molecule has 0 amide bonds. The molecule has 0 fully saturated rings. The minimum absolute atomic E-state index is 0.155. The molecule has 0 aliphatic carbocycles. The maximum Gasteiger partial charge on any atom is 0.265 e. The number of anilines is 1. The number of nitrogens with one attached hydrogen (secondary N) is 1. The first kappa shape index (κ1) is 19.8. The fourth-order valence-electron chi connectivity index (χ4n) is 3.06. The number of sulfonamides is 1. The molecule has 1 heterocycles. The summed E-state index contributed by atoms with van der Waals surface area (Å²) < 4.78 is 40.8.